The molecule has 1 fully saturated rings. The highest BCUT2D eigenvalue weighted by Crippen LogP contribution is 2.42. The fraction of sp³-hybridized carbons (Fsp3) is 0.417. The maximum Gasteiger partial charge on any atom is 0.120 e. The van der Waals surface area contributed by atoms with Gasteiger partial charge < -0.3 is 14.6 Å². The zero-order valence-corrected chi connectivity index (χ0v) is 17.9. The van der Waals surface area contributed by atoms with E-state index < -0.39 is 0 Å². The van der Waals surface area contributed by atoms with E-state index in [4.69, 9.17) is 0 Å². The molecule has 0 aliphatic heterocycles. The molecule has 3 nitrogen and oxygen atoms in total. The molecule has 4 heteroatoms. The molecule has 0 radical (unpaired) electrons. The monoisotopic (exact) mass is 394 g/mol. The number of aromatic nitrogens is 1. The van der Waals surface area contributed by atoms with E-state index in [1.165, 1.54) is 34.3 Å². The molecule has 148 valence electrons. The molecule has 1 aromatic heterocycles. The molecular formula is C24H30N2OS. The highest BCUT2D eigenvalue weighted by atomic mass is 32.2. The van der Waals surface area contributed by atoms with Gasteiger partial charge in [-0.25, -0.2) is 0 Å². The average molecular weight is 395 g/mol. The van der Waals surface area contributed by atoms with Crippen LogP contribution in [0.4, 0.5) is 0 Å². The maximum absolute atomic E-state index is 10.6. The van der Waals surface area contributed by atoms with Crippen LogP contribution in [-0.4, -0.2) is 28.2 Å². The van der Waals surface area contributed by atoms with Gasteiger partial charge in [0.2, 0.25) is 0 Å². The van der Waals surface area contributed by atoms with Crippen molar-refractivity contribution in [3.05, 3.63) is 59.8 Å². The Morgan fingerprint density at radius 1 is 1.14 bits per heavy atom. The Bertz CT molecular complexity index is 944. The van der Waals surface area contributed by atoms with Gasteiger partial charge in [-0.2, -0.15) is 0 Å². The summed E-state index contributed by atoms with van der Waals surface area (Å²) in [6, 6.07) is 17.5. The van der Waals surface area contributed by atoms with Gasteiger partial charge in [-0.3, -0.25) is 0 Å². The van der Waals surface area contributed by atoms with Crippen LogP contribution < -0.4 is 0 Å². The lowest BCUT2D eigenvalue weighted by Crippen LogP contribution is -2.22. The fourth-order valence-electron chi connectivity index (χ4n) is 4.08. The first-order valence-electron chi connectivity index (χ1n) is 10.2. The molecule has 0 unspecified atom stereocenters. The molecule has 1 N–H and O–H groups in total. The van der Waals surface area contributed by atoms with Crippen LogP contribution >= 0.6 is 11.8 Å². The van der Waals surface area contributed by atoms with Gasteiger partial charge in [-0.1, -0.05) is 32.0 Å². The second kappa shape index (κ2) is 8.22. The molecular weight excluding hydrogens is 364 g/mol. The van der Waals surface area contributed by atoms with Crippen LogP contribution in [0.1, 0.15) is 44.0 Å². The van der Waals surface area contributed by atoms with Crippen LogP contribution in [0, 0.1) is 5.92 Å². The first-order valence-corrected chi connectivity index (χ1v) is 11.2. The van der Waals surface area contributed by atoms with Crippen molar-refractivity contribution in [1.82, 2.24) is 9.47 Å². The summed E-state index contributed by atoms with van der Waals surface area (Å²) >= 11 is 1.89. The van der Waals surface area contributed by atoms with Crippen molar-refractivity contribution in [3.63, 3.8) is 0 Å². The predicted octanol–water partition coefficient (Wildman–Crippen LogP) is 6.06. The first kappa shape index (κ1) is 19.4. The van der Waals surface area contributed by atoms with Crippen LogP contribution in [0.2, 0.25) is 0 Å². The van der Waals surface area contributed by atoms with Crippen LogP contribution in [0.3, 0.4) is 0 Å². The summed E-state index contributed by atoms with van der Waals surface area (Å²) in [5.74, 6) is 1.98. The highest BCUT2D eigenvalue weighted by Gasteiger charge is 2.28. The van der Waals surface area contributed by atoms with E-state index in [1.807, 2.05) is 17.8 Å². The number of phenolic OH excluding ortho intramolecular Hbond substituents is 1. The molecule has 0 saturated heterocycles. The summed E-state index contributed by atoms with van der Waals surface area (Å²) in [6.45, 7) is 6.27. The SMILES string of the molecule is CC(C)CN(C)Cc1c(O)ccc2c1cc(CSc1ccccc1)n2C1CC1. The highest BCUT2D eigenvalue weighted by molar-refractivity contribution is 7.98. The molecule has 0 bridgehead atoms. The number of rotatable bonds is 8. The predicted molar refractivity (Wildman–Crippen MR) is 119 cm³/mol. The van der Waals surface area contributed by atoms with Gasteiger partial charge in [0.25, 0.3) is 0 Å². The zero-order chi connectivity index (χ0) is 19.7. The molecule has 4 rings (SSSR count). The third kappa shape index (κ3) is 4.23. The molecule has 0 atom stereocenters. The Morgan fingerprint density at radius 3 is 2.57 bits per heavy atom. The van der Waals surface area contributed by atoms with Gasteiger partial charge in [0.1, 0.15) is 5.75 Å². The van der Waals surface area contributed by atoms with E-state index in [2.05, 4.69) is 72.8 Å². The van der Waals surface area contributed by atoms with Gasteiger partial charge in [0, 0.05) is 51.9 Å². The van der Waals surface area contributed by atoms with Crippen molar-refractivity contribution in [3.8, 4) is 5.75 Å². The van der Waals surface area contributed by atoms with Crippen molar-refractivity contribution < 1.29 is 5.11 Å². The topological polar surface area (TPSA) is 28.4 Å². The standard InChI is InChI=1S/C24H30N2OS/c1-17(2)14-25(3)15-22-21-13-19(16-28-20-7-5-4-6-8-20)26(18-9-10-18)23(21)11-12-24(22)27/h4-8,11-13,17-18,27H,9-10,14-16H2,1-3H3. The summed E-state index contributed by atoms with van der Waals surface area (Å²) in [4.78, 5) is 3.61. The smallest absolute Gasteiger partial charge is 0.120 e. The first-order chi connectivity index (χ1) is 13.5. The van der Waals surface area contributed by atoms with Crippen molar-refractivity contribution >= 4 is 22.7 Å². The molecule has 1 saturated carbocycles. The number of phenols is 1. The molecule has 2 aromatic carbocycles. The number of fused-ring (bicyclic) bond motifs is 1. The van der Waals surface area contributed by atoms with E-state index >= 15 is 0 Å². The lowest BCUT2D eigenvalue weighted by atomic mass is 10.1. The summed E-state index contributed by atoms with van der Waals surface area (Å²) in [5.41, 5.74) is 3.70. The fourth-order valence-corrected chi connectivity index (χ4v) is 4.96. The maximum atomic E-state index is 10.6. The van der Waals surface area contributed by atoms with Gasteiger partial charge in [-0.05, 0) is 56.1 Å². The van der Waals surface area contributed by atoms with Crippen molar-refractivity contribution in [2.45, 2.75) is 49.9 Å². The Kier molecular flexibility index (Phi) is 5.70. The zero-order valence-electron chi connectivity index (χ0n) is 17.1. The minimum absolute atomic E-state index is 0.415. The molecule has 1 aliphatic rings. The lowest BCUT2D eigenvalue weighted by Gasteiger charge is -2.20. The van der Waals surface area contributed by atoms with E-state index in [0.717, 1.165) is 24.4 Å². The second-order valence-corrected chi connectivity index (χ2v) is 9.47. The third-order valence-electron chi connectivity index (χ3n) is 5.34. The van der Waals surface area contributed by atoms with Gasteiger partial charge in [0.15, 0.2) is 0 Å². The number of benzene rings is 2. The summed E-state index contributed by atoms with van der Waals surface area (Å²) in [5, 5.41) is 11.8. The minimum atomic E-state index is 0.415. The van der Waals surface area contributed by atoms with Gasteiger partial charge >= 0.3 is 0 Å². The number of thioether (sulfide) groups is 1. The summed E-state index contributed by atoms with van der Waals surface area (Å²) < 4.78 is 2.52. The minimum Gasteiger partial charge on any atom is -0.508 e. The summed E-state index contributed by atoms with van der Waals surface area (Å²) in [7, 11) is 2.14. The Hall–Kier alpha value is -1.91. The second-order valence-electron chi connectivity index (χ2n) is 8.43. The molecule has 3 aromatic rings. The molecule has 0 spiro atoms. The largest absolute Gasteiger partial charge is 0.508 e. The van der Waals surface area contributed by atoms with Crippen LogP contribution in [0.15, 0.2) is 53.4 Å². The van der Waals surface area contributed by atoms with Gasteiger partial charge in [0.05, 0.1) is 0 Å². The lowest BCUT2D eigenvalue weighted by molar-refractivity contribution is 0.285. The van der Waals surface area contributed by atoms with E-state index in [0.29, 0.717) is 17.7 Å². The average Bonchev–Trinajstić information content (AvgIpc) is 3.43. The Balaban J connectivity index is 1.68. The molecule has 1 aliphatic carbocycles. The van der Waals surface area contributed by atoms with Crippen LogP contribution in [0.5, 0.6) is 5.75 Å². The molecule has 1 heterocycles. The van der Waals surface area contributed by atoms with E-state index in [9.17, 15) is 5.11 Å². The normalized spacial score (nSPS) is 14.5. The number of nitrogens with zero attached hydrogens (tertiary/aromatic N) is 2. The number of aromatic hydroxyl groups is 1. The number of hydrogen-bond donors (Lipinski definition) is 1. The quantitative estimate of drug-likeness (QED) is 0.471. The molecule has 28 heavy (non-hydrogen) atoms. The van der Waals surface area contributed by atoms with Crippen molar-refractivity contribution in [2.24, 2.45) is 5.92 Å². The van der Waals surface area contributed by atoms with Crippen LogP contribution in [0.25, 0.3) is 10.9 Å². The number of hydrogen-bond acceptors (Lipinski definition) is 3. The van der Waals surface area contributed by atoms with Crippen molar-refractivity contribution in [2.75, 3.05) is 13.6 Å². The Labute approximate surface area is 172 Å². The molecule has 0 amide bonds. The van der Waals surface area contributed by atoms with Crippen molar-refractivity contribution in [1.29, 1.82) is 0 Å². The van der Waals surface area contributed by atoms with Crippen LogP contribution in [-0.2, 0) is 12.3 Å². The van der Waals surface area contributed by atoms with E-state index in [1.54, 1.807) is 0 Å². The van der Waals surface area contributed by atoms with Gasteiger partial charge in [-0.15, -0.1) is 11.8 Å². The van der Waals surface area contributed by atoms with E-state index in [-0.39, 0.29) is 0 Å². The Morgan fingerprint density at radius 2 is 1.89 bits per heavy atom. The summed E-state index contributed by atoms with van der Waals surface area (Å²) in [6.07, 6.45) is 2.52. The third-order valence-corrected chi connectivity index (χ3v) is 6.38.